The Hall–Kier alpha value is -2.84. The summed E-state index contributed by atoms with van der Waals surface area (Å²) in [5.74, 6) is 0.905. The van der Waals surface area contributed by atoms with Gasteiger partial charge in [-0.1, -0.05) is 72.3 Å². The van der Waals surface area contributed by atoms with E-state index in [1.165, 1.54) is 5.56 Å². The molecule has 4 rings (SSSR count). The highest BCUT2D eigenvalue weighted by Gasteiger charge is 2.09. The summed E-state index contributed by atoms with van der Waals surface area (Å²) in [6.45, 7) is 0.829. The van der Waals surface area contributed by atoms with Crippen LogP contribution >= 0.6 is 11.6 Å². The highest BCUT2D eigenvalue weighted by atomic mass is 35.5. The zero-order chi connectivity index (χ0) is 17.8. The van der Waals surface area contributed by atoms with Crippen LogP contribution in [-0.4, -0.2) is 11.5 Å². The van der Waals surface area contributed by atoms with E-state index in [-0.39, 0.29) is 0 Å². The van der Waals surface area contributed by atoms with Gasteiger partial charge < -0.3 is 5.32 Å². The third kappa shape index (κ3) is 3.71. The molecule has 0 radical (unpaired) electrons. The first-order valence-corrected chi connectivity index (χ1v) is 9.11. The van der Waals surface area contributed by atoms with E-state index in [2.05, 4.69) is 41.7 Å². The van der Waals surface area contributed by atoms with Gasteiger partial charge in [0.2, 0.25) is 0 Å². The second-order valence-electron chi connectivity index (χ2n) is 6.25. The standard InChI is InChI=1S/C23H19ClN2/c24-20-12-10-18(11-13-20)21-16-19-8-4-5-9-22(19)26-23(21)25-15-14-17-6-2-1-3-7-17/h1-13,16H,14-15H2,(H,25,26). The average molecular weight is 359 g/mol. The summed E-state index contributed by atoms with van der Waals surface area (Å²) in [7, 11) is 0. The minimum Gasteiger partial charge on any atom is -0.369 e. The molecule has 0 aliphatic heterocycles. The molecule has 0 amide bonds. The number of halogens is 1. The number of para-hydroxylation sites is 1. The molecule has 2 nitrogen and oxygen atoms in total. The van der Waals surface area contributed by atoms with Crippen LogP contribution in [-0.2, 0) is 6.42 Å². The lowest BCUT2D eigenvalue weighted by molar-refractivity contribution is 1.01. The predicted molar refractivity (Wildman–Crippen MR) is 111 cm³/mol. The molecule has 26 heavy (non-hydrogen) atoms. The number of hydrogen-bond donors (Lipinski definition) is 1. The molecule has 0 aliphatic rings. The fourth-order valence-electron chi connectivity index (χ4n) is 3.07. The molecule has 0 saturated heterocycles. The quantitative estimate of drug-likeness (QED) is 0.458. The van der Waals surface area contributed by atoms with Gasteiger partial charge in [0.25, 0.3) is 0 Å². The molecule has 3 aromatic carbocycles. The van der Waals surface area contributed by atoms with Gasteiger partial charge in [-0.25, -0.2) is 4.98 Å². The number of fused-ring (bicyclic) bond motifs is 1. The topological polar surface area (TPSA) is 24.9 Å². The predicted octanol–water partition coefficient (Wildman–Crippen LogP) is 6.21. The maximum Gasteiger partial charge on any atom is 0.134 e. The van der Waals surface area contributed by atoms with Crippen molar-refractivity contribution in [1.29, 1.82) is 0 Å². The molecule has 3 heteroatoms. The molecule has 128 valence electrons. The Balaban J connectivity index is 1.66. The van der Waals surface area contributed by atoms with E-state index >= 15 is 0 Å². The second kappa shape index (κ2) is 7.59. The Labute approximate surface area is 158 Å². The van der Waals surface area contributed by atoms with Gasteiger partial charge in [0.05, 0.1) is 5.52 Å². The smallest absolute Gasteiger partial charge is 0.134 e. The normalized spacial score (nSPS) is 10.8. The van der Waals surface area contributed by atoms with Gasteiger partial charge in [-0.2, -0.15) is 0 Å². The van der Waals surface area contributed by atoms with Gasteiger partial charge in [-0.3, -0.25) is 0 Å². The first kappa shape index (κ1) is 16.6. The highest BCUT2D eigenvalue weighted by molar-refractivity contribution is 6.30. The number of nitrogens with zero attached hydrogens (tertiary/aromatic N) is 1. The van der Waals surface area contributed by atoms with Crippen molar-refractivity contribution in [3.8, 4) is 11.1 Å². The minimum absolute atomic E-state index is 0.737. The summed E-state index contributed by atoms with van der Waals surface area (Å²) in [5, 5.41) is 5.39. The summed E-state index contributed by atoms with van der Waals surface area (Å²) in [4.78, 5) is 4.86. The monoisotopic (exact) mass is 358 g/mol. The number of rotatable bonds is 5. The molecule has 0 unspecified atom stereocenters. The zero-order valence-corrected chi connectivity index (χ0v) is 15.1. The number of pyridine rings is 1. The number of anilines is 1. The molecule has 4 aromatic rings. The van der Waals surface area contributed by atoms with Gasteiger partial charge >= 0.3 is 0 Å². The molecule has 1 N–H and O–H groups in total. The molecule has 0 bridgehead atoms. The second-order valence-corrected chi connectivity index (χ2v) is 6.68. The Morgan fingerprint density at radius 3 is 2.35 bits per heavy atom. The summed E-state index contributed by atoms with van der Waals surface area (Å²) >= 11 is 6.05. The summed E-state index contributed by atoms with van der Waals surface area (Å²) < 4.78 is 0. The lowest BCUT2D eigenvalue weighted by Crippen LogP contribution is -2.07. The van der Waals surface area contributed by atoms with E-state index in [1.54, 1.807) is 0 Å². The van der Waals surface area contributed by atoms with E-state index in [1.807, 2.05) is 48.5 Å². The average Bonchev–Trinajstić information content (AvgIpc) is 2.69. The maximum atomic E-state index is 6.05. The zero-order valence-electron chi connectivity index (χ0n) is 14.3. The Morgan fingerprint density at radius 2 is 1.54 bits per heavy atom. The van der Waals surface area contributed by atoms with E-state index in [0.717, 1.165) is 45.8 Å². The lowest BCUT2D eigenvalue weighted by Gasteiger charge is -2.13. The third-order valence-electron chi connectivity index (χ3n) is 4.43. The lowest BCUT2D eigenvalue weighted by atomic mass is 10.0. The molecular formula is C23H19ClN2. The van der Waals surface area contributed by atoms with Crippen LogP contribution in [0.25, 0.3) is 22.0 Å². The maximum absolute atomic E-state index is 6.05. The van der Waals surface area contributed by atoms with Gasteiger partial charge in [-0.05, 0) is 41.8 Å². The molecule has 0 fully saturated rings. The van der Waals surface area contributed by atoms with Crippen molar-refractivity contribution in [2.24, 2.45) is 0 Å². The molecular weight excluding hydrogens is 340 g/mol. The fourth-order valence-corrected chi connectivity index (χ4v) is 3.20. The van der Waals surface area contributed by atoms with Crippen molar-refractivity contribution in [2.45, 2.75) is 6.42 Å². The number of benzene rings is 3. The molecule has 0 atom stereocenters. The van der Waals surface area contributed by atoms with E-state index in [0.29, 0.717) is 0 Å². The minimum atomic E-state index is 0.737. The van der Waals surface area contributed by atoms with Crippen molar-refractivity contribution in [2.75, 3.05) is 11.9 Å². The van der Waals surface area contributed by atoms with Crippen LogP contribution < -0.4 is 5.32 Å². The largest absolute Gasteiger partial charge is 0.369 e. The van der Waals surface area contributed by atoms with Crippen molar-refractivity contribution >= 4 is 28.3 Å². The van der Waals surface area contributed by atoms with Gasteiger partial charge in [-0.15, -0.1) is 0 Å². The Bertz CT molecular complexity index is 1010. The van der Waals surface area contributed by atoms with E-state index in [9.17, 15) is 0 Å². The number of nitrogens with one attached hydrogen (secondary N) is 1. The Morgan fingerprint density at radius 1 is 0.808 bits per heavy atom. The summed E-state index contributed by atoms with van der Waals surface area (Å²) in [6.07, 6.45) is 0.954. The Kier molecular flexibility index (Phi) is 4.85. The van der Waals surface area contributed by atoms with Crippen LogP contribution in [0.4, 0.5) is 5.82 Å². The van der Waals surface area contributed by atoms with Gasteiger partial charge in [0.1, 0.15) is 5.82 Å². The summed E-state index contributed by atoms with van der Waals surface area (Å²) in [5.41, 5.74) is 4.50. The van der Waals surface area contributed by atoms with Crippen LogP contribution in [0.1, 0.15) is 5.56 Å². The molecule has 0 aliphatic carbocycles. The first-order valence-electron chi connectivity index (χ1n) is 8.73. The van der Waals surface area contributed by atoms with Crippen LogP contribution in [0.3, 0.4) is 0 Å². The highest BCUT2D eigenvalue weighted by Crippen LogP contribution is 2.31. The van der Waals surface area contributed by atoms with Crippen molar-refractivity contribution in [3.63, 3.8) is 0 Å². The molecule has 0 spiro atoms. The van der Waals surface area contributed by atoms with Crippen molar-refractivity contribution < 1.29 is 0 Å². The fraction of sp³-hybridized carbons (Fsp3) is 0.0870. The van der Waals surface area contributed by atoms with Crippen molar-refractivity contribution in [1.82, 2.24) is 4.98 Å². The van der Waals surface area contributed by atoms with Gasteiger partial charge in [0, 0.05) is 22.5 Å². The van der Waals surface area contributed by atoms with E-state index < -0.39 is 0 Å². The molecule has 0 saturated carbocycles. The van der Waals surface area contributed by atoms with Crippen LogP contribution in [0, 0.1) is 0 Å². The van der Waals surface area contributed by atoms with Gasteiger partial charge in [0.15, 0.2) is 0 Å². The van der Waals surface area contributed by atoms with Crippen LogP contribution in [0.15, 0.2) is 84.9 Å². The molecule has 1 heterocycles. The van der Waals surface area contributed by atoms with Crippen molar-refractivity contribution in [3.05, 3.63) is 95.5 Å². The number of aromatic nitrogens is 1. The van der Waals surface area contributed by atoms with Crippen LogP contribution in [0.5, 0.6) is 0 Å². The first-order chi connectivity index (χ1) is 12.8. The third-order valence-corrected chi connectivity index (χ3v) is 4.68. The number of hydrogen-bond acceptors (Lipinski definition) is 2. The van der Waals surface area contributed by atoms with Crippen LogP contribution in [0.2, 0.25) is 5.02 Å². The molecule has 1 aromatic heterocycles. The summed E-state index contributed by atoms with van der Waals surface area (Å²) in [6, 6.07) is 28.8. The SMILES string of the molecule is Clc1ccc(-c2cc3ccccc3nc2NCCc2ccccc2)cc1. The van der Waals surface area contributed by atoms with E-state index in [4.69, 9.17) is 16.6 Å².